The first-order valence-corrected chi connectivity index (χ1v) is 4.13. The molecule has 1 N–H and O–H groups in total. The summed E-state index contributed by atoms with van der Waals surface area (Å²) in [5.41, 5.74) is 0.941. The number of aromatic nitrogens is 1. The van der Waals surface area contributed by atoms with Crippen molar-refractivity contribution in [2.24, 2.45) is 0 Å². The molecule has 3 heteroatoms. The first-order chi connectivity index (χ1) is 5.83. The van der Waals surface area contributed by atoms with Crippen LogP contribution in [0.2, 0.25) is 0 Å². The Hall–Kier alpha value is -0.960. The van der Waals surface area contributed by atoms with Gasteiger partial charge in [-0.05, 0) is 31.1 Å². The van der Waals surface area contributed by atoms with Gasteiger partial charge in [-0.1, -0.05) is 6.92 Å². The highest BCUT2D eigenvalue weighted by atomic mass is 19.1. The van der Waals surface area contributed by atoms with Gasteiger partial charge in [0.1, 0.15) is 5.82 Å². The zero-order valence-corrected chi connectivity index (χ0v) is 7.18. The summed E-state index contributed by atoms with van der Waals surface area (Å²) >= 11 is 0. The lowest BCUT2D eigenvalue weighted by Gasteiger charge is -2.00. The molecule has 0 unspecified atom stereocenters. The lowest BCUT2D eigenvalue weighted by atomic mass is 10.2. The smallest absolute Gasteiger partial charge is 0.141 e. The fraction of sp³-hybridized carbons (Fsp3) is 0.444. The molecule has 0 radical (unpaired) electrons. The Labute approximate surface area is 71.8 Å². The maximum absolute atomic E-state index is 12.6. The van der Waals surface area contributed by atoms with Gasteiger partial charge in [-0.15, -0.1) is 0 Å². The average Bonchev–Trinajstić information content (AvgIpc) is 2.05. The Bertz CT molecular complexity index is 238. The Morgan fingerprint density at radius 2 is 2.33 bits per heavy atom. The summed E-state index contributed by atoms with van der Waals surface area (Å²) in [5.74, 6) is -0.260. The van der Waals surface area contributed by atoms with E-state index >= 15 is 0 Å². The van der Waals surface area contributed by atoms with Crippen molar-refractivity contribution in [3.63, 3.8) is 0 Å². The molecule has 0 aliphatic rings. The summed E-state index contributed by atoms with van der Waals surface area (Å²) in [6.07, 6.45) is 3.75. The highest BCUT2D eigenvalue weighted by molar-refractivity contribution is 5.10. The third kappa shape index (κ3) is 2.96. The molecule has 0 fully saturated rings. The van der Waals surface area contributed by atoms with Gasteiger partial charge in [0, 0.05) is 6.20 Å². The van der Waals surface area contributed by atoms with Crippen LogP contribution in [0.5, 0.6) is 0 Å². The molecule has 0 saturated heterocycles. The van der Waals surface area contributed by atoms with Crippen LogP contribution in [0.15, 0.2) is 18.5 Å². The minimum Gasteiger partial charge on any atom is -0.317 e. The summed E-state index contributed by atoms with van der Waals surface area (Å²) in [7, 11) is 0. The number of likely N-dealkylation sites (N-methyl/N-ethyl adjacent to an activating group) is 1. The second-order valence-corrected chi connectivity index (χ2v) is 2.61. The molecule has 0 saturated carbocycles. The molecule has 1 aromatic rings. The van der Waals surface area contributed by atoms with Gasteiger partial charge in [0.25, 0.3) is 0 Å². The fourth-order valence-corrected chi connectivity index (χ4v) is 1.00. The monoisotopic (exact) mass is 168 g/mol. The maximum Gasteiger partial charge on any atom is 0.141 e. The van der Waals surface area contributed by atoms with Crippen molar-refractivity contribution >= 4 is 0 Å². The van der Waals surface area contributed by atoms with E-state index in [1.54, 1.807) is 6.20 Å². The van der Waals surface area contributed by atoms with Gasteiger partial charge >= 0.3 is 0 Å². The number of rotatable bonds is 4. The first-order valence-electron chi connectivity index (χ1n) is 4.13. The zero-order chi connectivity index (χ0) is 8.81. The van der Waals surface area contributed by atoms with Crippen LogP contribution < -0.4 is 5.32 Å². The molecule has 0 amide bonds. The normalized spacial score (nSPS) is 10.2. The summed E-state index contributed by atoms with van der Waals surface area (Å²) in [4.78, 5) is 3.76. The van der Waals surface area contributed by atoms with Crippen LogP contribution >= 0.6 is 0 Å². The molecule has 0 aliphatic heterocycles. The number of hydrogen-bond donors (Lipinski definition) is 1. The molecule has 2 nitrogen and oxygen atoms in total. The van der Waals surface area contributed by atoms with Gasteiger partial charge in [-0.2, -0.15) is 0 Å². The van der Waals surface area contributed by atoms with Crippen molar-refractivity contribution in [2.45, 2.75) is 13.3 Å². The van der Waals surface area contributed by atoms with E-state index in [-0.39, 0.29) is 5.82 Å². The van der Waals surface area contributed by atoms with E-state index in [9.17, 15) is 4.39 Å². The van der Waals surface area contributed by atoms with E-state index in [4.69, 9.17) is 0 Å². The van der Waals surface area contributed by atoms with Crippen LogP contribution in [0.25, 0.3) is 0 Å². The standard InChI is InChI=1S/C9H13FN2/c1-2-11-4-3-8-5-9(10)7-12-6-8/h5-7,11H,2-4H2,1H3. The van der Waals surface area contributed by atoms with Crippen molar-refractivity contribution in [3.05, 3.63) is 29.8 Å². The molecular formula is C9H13FN2. The van der Waals surface area contributed by atoms with Crippen LogP contribution in [0.4, 0.5) is 4.39 Å². The molecule has 0 bridgehead atoms. The number of hydrogen-bond acceptors (Lipinski definition) is 2. The molecule has 1 rings (SSSR count). The summed E-state index contributed by atoms with van der Waals surface area (Å²) in [6, 6.07) is 1.52. The lowest BCUT2D eigenvalue weighted by molar-refractivity contribution is 0.616. The van der Waals surface area contributed by atoms with Gasteiger partial charge < -0.3 is 5.32 Å². The van der Waals surface area contributed by atoms with Crippen LogP contribution in [0.3, 0.4) is 0 Å². The second-order valence-electron chi connectivity index (χ2n) is 2.61. The average molecular weight is 168 g/mol. The van der Waals surface area contributed by atoms with Crippen molar-refractivity contribution in [1.82, 2.24) is 10.3 Å². The number of halogens is 1. The zero-order valence-electron chi connectivity index (χ0n) is 7.18. The lowest BCUT2D eigenvalue weighted by Crippen LogP contribution is -2.16. The summed E-state index contributed by atoms with van der Waals surface area (Å²) < 4.78 is 12.6. The highest BCUT2D eigenvalue weighted by Crippen LogP contribution is 2.00. The predicted molar refractivity (Wildman–Crippen MR) is 46.4 cm³/mol. The topological polar surface area (TPSA) is 24.9 Å². The molecule has 66 valence electrons. The minimum atomic E-state index is -0.260. The number of pyridine rings is 1. The largest absolute Gasteiger partial charge is 0.317 e. The van der Waals surface area contributed by atoms with Crippen molar-refractivity contribution in [1.29, 1.82) is 0 Å². The minimum absolute atomic E-state index is 0.260. The van der Waals surface area contributed by atoms with Crippen LogP contribution in [0, 0.1) is 5.82 Å². The van der Waals surface area contributed by atoms with Crippen molar-refractivity contribution in [3.8, 4) is 0 Å². The molecule has 0 spiro atoms. The van der Waals surface area contributed by atoms with E-state index in [1.165, 1.54) is 12.3 Å². The molecule has 1 heterocycles. The highest BCUT2D eigenvalue weighted by Gasteiger charge is 1.94. The van der Waals surface area contributed by atoms with E-state index in [2.05, 4.69) is 10.3 Å². The summed E-state index contributed by atoms with van der Waals surface area (Å²) in [6.45, 7) is 3.87. The Kier molecular flexibility index (Phi) is 3.67. The van der Waals surface area contributed by atoms with E-state index < -0.39 is 0 Å². The first kappa shape index (κ1) is 9.13. The number of nitrogens with zero attached hydrogens (tertiary/aromatic N) is 1. The van der Waals surface area contributed by atoms with Gasteiger partial charge in [-0.3, -0.25) is 4.98 Å². The third-order valence-corrected chi connectivity index (χ3v) is 1.60. The van der Waals surface area contributed by atoms with Gasteiger partial charge in [-0.25, -0.2) is 4.39 Å². The summed E-state index contributed by atoms with van der Waals surface area (Å²) in [5, 5.41) is 3.17. The van der Waals surface area contributed by atoms with E-state index in [0.29, 0.717) is 0 Å². The molecule has 1 aromatic heterocycles. The third-order valence-electron chi connectivity index (χ3n) is 1.60. The quantitative estimate of drug-likeness (QED) is 0.687. The van der Waals surface area contributed by atoms with Crippen LogP contribution in [-0.2, 0) is 6.42 Å². The molecule has 12 heavy (non-hydrogen) atoms. The Balaban J connectivity index is 2.41. The van der Waals surface area contributed by atoms with Gasteiger partial charge in [0.05, 0.1) is 6.20 Å². The van der Waals surface area contributed by atoms with Crippen molar-refractivity contribution < 1.29 is 4.39 Å². The van der Waals surface area contributed by atoms with Crippen LogP contribution in [0.1, 0.15) is 12.5 Å². The SMILES string of the molecule is CCNCCc1cncc(F)c1. The number of nitrogens with one attached hydrogen (secondary N) is 1. The van der Waals surface area contributed by atoms with Crippen molar-refractivity contribution in [2.75, 3.05) is 13.1 Å². The Morgan fingerprint density at radius 1 is 1.50 bits per heavy atom. The second kappa shape index (κ2) is 4.83. The van der Waals surface area contributed by atoms with Gasteiger partial charge in [0.15, 0.2) is 0 Å². The molecule has 0 atom stereocenters. The molecular weight excluding hydrogens is 155 g/mol. The van der Waals surface area contributed by atoms with E-state index in [0.717, 1.165) is 25.1 Å². The van der Waals surface area contributed by atoms with E-state index in [1.807, 2.05) is 6.92 Å². The fourth-order valence-electron chi connectivity index (χ4n) is 1.00. The predicted octanol–water partition coefficient (Wildman–Crippen LogP) is 1.37. The van der Waals surface area contributed by atoms with Gasteiger partial charge in [0.2, 0.25) is 0 Å². The molecule has 0 aromatic carbocycles. The van der Waals surface area contributed by atoms with Crippen LogP contribution in [-0.4, -0.2) is 18.1 Å². The Morgan fingerprint density at radius 3 is 3.00 bits per heavy atom. The maximum atomic E-state index is 12.6. The molecule has 0 aliphatic carbocycles.